The number of carbonyl (C=O) groups excluding carboxylic acids is 1. The lowest BCUT2D eigenvalue weighted by Gasteiger charge is -2.35. The number of nitrogens with zero attached hydrogens (tertiary/aromatic N) is 1. The molecule has 1 N–H and O–H groups in total. The molecule has 1 aromatic rings. The topological polar surface area (TPSA) is 41.6 Å². The van der Waals surface area contributed by atoms with Crippen molar-refractivity contribution >= 4 is 29.3 Å². The van der Waals surface area contributed by atoms with Gasteiger partial charge in [0.2, 0.25) is 0 Å². The van der Waals surface area contributed by atoms with E-state index < -0.39 is 5.60 Å². The van der Waals surface area contributed by atoms with E-state index in [0.29, 0.717) is 23.1 Å². The van der Waals surface area contributed by atoms with E-state index in [1.807, 2.05) is 32.9 Å². The first-order valence-electron chi connectivity index (χ1n) is 7.40. The number of benzene rings is 1. The number of piperazine rings is 1. The van der Waals surface area contributed by atoms with Crippen molar-refractivity contribution in [2.24, 2.45) is 0 Å². The lowest BCUT2D eigenvalue weighted by atomic mass is 10.0. The summed E-state index contributed by atoms with van der Waals surface area (Å²) in [5.41, 5.74) is 0.548. The number of carbonyl (C=O) groups is 1. The number of hydrogen-bond acceptors (Lipinski definition) is 3. The van der Waals surface area contributed by atoms with Gasteiger partial charge in [-0.15, -0.1) is 0 Å². The van der Waals surface area contributed by atoms with E-state index in [1.54, 1.807) is 11.0 Å². The molecule has 1 heterocycles. The molecule has 1 aromatic carbocycles. The predicted octanol–water partition coefficient (Wildman–Crippen LogP) is 3.74. The van der Waals surface area contributed by atoms with Crippen LogP contribution in [0.4, 0.5) is 4.79 Å². The van der Waals surface area contributed by atoms with Crippen LogP contribution in [0, 0.1) is 0 Å². The maximum absolute atomic E-state index is 12.2. The van der Waals surface area contributed by atoms with Crippen molar-refractivity contribution in [1.82, 2.24) is 10.2 Å². The first kappa shape index (κ1) is 17.4. The van der Waals surface area contributed by atoms with E-state index in [0.717, 1.165) is 18.5 Å². The fourth-order valence-electron chi connectivity index (χ4n) is 2.41. The van der Waals surface area contributed by atoms with E-state index in [-0.39, 0.29) is 12.1 Å². The van der Waals surface area contributed by atoms with E-state index in [2.05, 4.69) is 5.32 Å². The van der Waals surface area contributed by atoms with Crippen molar-refractivity contribution in [2.75, 3.05) is 19.6 Å². The van der Waals surface area contributed by atoms with Crippen molar-refractivity contribution in [3.05, 3.63) is 33.8 Å². The normalized spacial score (nSPS) is 19.1. The smallest absolute Gasteiger partial charge is 0.410 e. The van der Waals surface area contributed by atoms with Gasteiger partial charge in [-0.25, -0.2) is 4.79 Å². The molecule has 1 aliphatic rings. The van der Waals surface area contributed by atoms with Crippen molar-refractivity contribution < 1.29 is 9.53 Å². The average Bonchev–Trinajstić information content (AvgIpc) is 2.40. The average molecular weight is 345 g/mol. The second-order valence-corrected chi connectivity index (χ2v) is 7.36. The molecule has 1 amide bonds. The van der Waals surface area contributed by atoms with Gasteiger partial charge in [-0.2, -0.15) is 0 Å². The van der Waals surface area contributed by atoms with Gasteiger partial charge >= 0.3 is 6.09 Å². The summed E-state index contributed by atoms with van der Waals surface area (Å²) in [5, 5.41) is 4.70. The Balaban J connectivity index is 1.97. The highest BCUT2D eigenvalue weighted by Crippen LogP contribution is 2.23. The molecule has 0 aromatic heterocycles. The van der Waals surface area contributed by atoms with Crippen LogP contribution in [0.15, 0.2) is 18.2 Å². The van der Waals surface area contributed by atoms with Crippen LogP contribution < -0.4 is 5.32 Å². The molecular formula is C16H22Cl2N2O2. The van der Waals surface area contributed by atoms with E-state index >= 15 is 0 Å². The minimum absolute atomic E-state index is 0.153. The lowest BCUT2D eigenvalue weighted by molar-refractivity contribution is 0.0195. The molecule has 1 unspecified atom stereocenters. The summed E-state index contributed by atoms with van der Waals surface area (Å²) in [6.45, 7) is 7.62. The van der Waals surface area contributed by atoms with Crippen LogP contribution in [-0.2, 0) is 11.2 Å². The number of nitrogens with one attached hydrogen (secondary N) is 1. The van der Waals surface area contributed by atoms with Crippen LogP contribution in [0.2, 0.25) is 10.0 Å². The third-order valence-electron chi connectivity index (χ3n) is 3.39. The molecule has 1 atom stereocenters. The minimum Gasteiger partial charge on any atom is -0.444 e. The number of amides is 1. The van der Waals surface area contributed by atoms with Gasteiger partial charge in [0.15, 0.2) is 0 Å². The van der Waals surface area contributed by atoms with Crippen molar-refractivity contribution in [3.63, 3.8) is 0 Å². The second-order valence-electron chi connectivity index (χ2n) is 6.52. The maximum atomic E-state index is 12.2. The Morgan fingerprint density at radius 3 is 2.77 bits per heavy atom. The molecular weight excluding hydrogens is 323 g/mol. The summed E-state index contributed by atoms with van der Waals surface area (Å²) in [6.07, 6.45) is 0.483. The van der Waals surface area contributed by atoms with Gasteiger partial charge in [-0.1, -0.05) is 29.3 Å². The number of halogens is 2. The highest BCUT2D eigenvalue weighted by molar-refractivity contribution is 6.35. The Bertz CT molecular complexity index is 543. The van der Waals surface area contributed by atoms with Gasteiger partial charge in [0.05, 0.1) is 0 Å². The highest BCUT2D eigenvalue weighted by Gasteiger charge is 2.27. The summed E-state index contributed by atoms with van der Waals surface area (Å²) in [4.78, 5) is 13.9. The molecule has 1 aliphatic heterocycles. The van der Waals surface area contributed by atoms with E-state index in [9.17, 15) is 4.79 Å². The zero-order valence-electron chi connectivity index (χ0n) is 13.2. The summed E-state index contributed by atoms with van der Waals surface area (Å²) in [7, 11) is 0. The summed E-state index contributed by atoms with van der Waals surface area (Å²) in [6, 6.07) is 5.66. The van der Waals surface area contributed by atoms with E-state index in [4.69, 9.17) is 27.9 Å². The molecule has 1 saturated heterocycles. The van der Waals surface area contributed by atoms with Crippen molar-refractivity contribution in [2.45, 2.75) is 38.8 Å². The molecule has 4 nitrogen and oxygen atoms in total. The van der Waals surface area contributed by atoms with E-state index in [1.165, 1.54) is 0 Å². The van der Waals surface area contributed by atoms with Crippen molar-refractivity contribution in [3.8, 4) is 0 Å². The second kappa shape index (κ2) is 7.07. The number of ether oxygens (including phenoxy) is 1. The molecule has 2 rings (SSSR count). The third kappa shape index (κ3) is 5.04. The minimum atomic E-state index is -0.475. The zero-order valence-corrected chi connectivity index (χ0v) is 14.7. The van der Waals surface area contributed by atoms with Gasteiger partial charge < -0.3 is 15.0 Å². The summed E-state index contributed by atoms with van der Waals surface area (Å²) >= 11 is 12.1. The molecule has 1 fully saturated rings. The van der Waals surface area contributed by atoms with Gasteiger partial charge in [0.1, 0.15) is 5.60 Å². The molecule has 0 radical (unpaired) electrons. The Kier molecular flexibility index (Phi) is 5.59. The van der Waals surface area contributed by atoms with Crippen LogP contribution in [0.1, 0.15) is 26.3 Å². The maximum Gasteiger partial charge on any atom is 0.410 e. The predicted molar refractivity (Wildman–Crippen MR) is 89.8 cm³/mol. The largest absolute Gasteiger partial charge is 0.444 e. The Hall–Kier alpha value is -0.970. The first-order valence-corrected chi connectivity index (χ1v) is 8.15. The highest BCUT2D eigenvalue weighted by atomic mass is 35.5. The fourth-order valence-corrected chi connectivity index (χ4v) is 2.89. The van der Waals surface area contributed by atoms with Crippen LogP contribution in [0.5, 0.6) is 0 Å². The molecule has 22 heavy (non-hydrogen) atoms. The number of rotatable bonds is 2. The first-order chi connectivity index (χ1) is 10.2. The van der Waals surface area contributed by atoms with Crippen molar-refractivity contribution in [1.29, 1.82) is 0 Å². The van der Waals surface area contributed by atoms with Crippen LogP contribution in [0.25, 0.3) is 0 Å². The fraction of sp³-hybridized carbons (Fsp3) is 0.562. The Labute approximate surface area is 141 Å². The van der Waals surface area contributed by atoms with Gasteiger partial charge in [0, 0.05) is 35.7 Å². The monoisotopic (exact) mass is 344 g/mol. The summed E-state index contributed by atoms with van der Waals surface area (Å²) in [5.74, 6) is 0. The standard InChI is InChI=1S/C16H22Cl2N2O2/c1-16(2,3)22-15(21)20-7-6-19-13(10-20)8-11-4-5-12(17)9-14(11)18/h4-5,9,13,19H,6-8,10H2,1-3H3. The van der Waals surface area contributed by atoms with Gasteiger partial charge in [0.25, 0.3) is 0 Å². The molecule has 6 heteroatoms. The van der Waals surface area contributed by atoms with Crippen LogP contribution in [0.3, 0.4) is 0 Å². The molecule has 0 bridgehead atoms. The number of hydrogen-bond donors (Lipinski definition) is 1. The van der Waals surface area contributed by atoms with Gasteiger partial charge in [-0.3, -0.25) is 0 Å². The zero-order chi connectivity index (χ0) is 16.3. The molecule has 0 saturated carbocycles. The Morgan fingerprint density at radius 1 is 1.41 bits per heavy atom. The van der Waals surface area contributed by atoms with Crippen LogP contribution in [-0.4, -0.2) is 42.3 Å². The lowest BCUT2D eigenvalue weighted by Crippen LogP contribution is -2.54. The molecule has 122 valence electrons. The third-order valence-corrected chi connectivity index (χ3v) is 3.98. The Morgan fingerprint density at radius 2 is 2.14 bits per heavy atom. The SMILES string of the molecule is CC(C)(C)OC(=O)N1CCNC(Cc2ccc(Cl)cc2Cl)C1. The molecule has 0 aliphatic carbocycles. The van der Waals surface area contributed by atoms with Crippen LogP contribution >= 0.6 is 23.2 Å². The quantitative estimate of drug-likeness (QED) is 0.888. The molecule has 0 spiro atoms. The van der Waals surface area contributed by atoms with Gasteiger partial charge in [-0.05, 0) is 44.9 Å². The summed E-state index contributed by atoms with van der Waals surface area (Å²) < 4.78 is 5.43.